The van der Waals surface area contributed by atoms with Gasteiger partial charge >= 0.3 is 0 Å². The summed E-state index contributed by atoms with van der Waals surface area (Å²) in [5.41, 5.74) is 3.94. The Labute approximate surface area is 152 Å². The Morgan fingerprint density at radius 3 is 2.69 bits per heavy atom. The zero-order valence-electron chi connectivity index (χ0n) is 15.1. The second-order valence-electron chi connectivity index (χ2n) is 6.43. The van der Waals surface area contributed by atoms with Crippen LogP contribution >= 0.6 is 0 Å². The third kappa shape index (κ3) is 4.12. The molecule has 7 nitrogen and oxygen atoms in total. The van der Waals surface area contributed by atoms with Gasteiger partial charge in [0, 0.05) is 12.1 Å². The Morgan fingerprint density at radius 1 is 1.19 bits per heavy atom. The molecular formula is C19H22N6O. The molecule has 0 spiro atoms. The summed E-state index contributed by atoms with van der Waals surface area (Å²) in [6.07, 6.45) is 0. The van der Waals surface area contributed by atoms with Gasteiger partial charge in [-0.1, -0.05) is 48.0 Å². The fraction of sp³-hybridized carbons (Fsp3) is 0.263. The van der Waals surface area contributed by atoms with Gasteiger partial charge in [0.2, 0.25) is 11.7 Å². The first-order valence-electron chi connectivity index (χ1n) is 8.38. The summed E-state index contributed by atoms with van der Waals surface area (Å²) >= 11 is 0. The van der Waals surface area contributed by atoms with Crippen LogP contribution in [0.15, 0.2) is 48.5 Å². The number of likely N-dealkylation sites (N-methyl/N-ethyl adjacent to an activating group) is 1. The molecule has 1 aromatic heterocycles. The molecule has 3 aromatic rings. The van der Waals surface area contributed by atoms with E-state index < -0.39 is 0 Å². The fourth-order valence-electron chi connectivity index (χ4n) is 2.91. The van der Waals surface area contributed by atoms with Crippen molar-refractivity contribution in [3.63, 3.8) is 0 Å². The van der Waals surface area contributed by atoms with Gasteiger partial charge in [0.05, 0.1) is 0 Å². The van der Waals surface area contributed by atoms with Gasteiger partial charge in [0.25, 0.3) is 0 Å². The molecule has 2 N–H and O–H groups in total. The first-order chi connectivity index (χ1) is 12.5. The predicted octanol–water partition coefficient (Wildman–Crippen LogP) is 2.09. The van der Waals surface area contributed by atoms with Crippen molar-refractivity contribution in [1.29, 1.82) is 0 Å². The summed E-state index contributed by atoms with van der Waals surface area (Å²) < 4.78 is 0. The van der Waals surface area contributed by atoms with E-state index in [2.05, 4.69) is 25.9 Å². The number of nitrogens with zero attached hydrogens (tertiary/aromatic N) is 4. The second-order valence-corrected chi connectivity index (χ2v) is 6.43. The fourth-order valence-corrected chi connectivity index (χ4v) is 2.91. The number of hydrogen-bond donors (Lipinski definition) is 2. The molecule has 2 aromatic carbocycles. The number of hydrogen-bond acceptors (Lipinski definition) is 5. The number of benzene rings is 2. The van der Waals surface area contributed by atoms with Crippen molar-refractivity contribution in [2.45, 2.75) is 19.5 Å². The number of carbonyl (C=O) groups is 1. The number of aromatic nitrogens is 4. The van der Waals surface area contributed by atoms with E-state index in [9.17, 15) is 4.79 Å². The molecule has 1 atom stereocenters. The third-order valence-corrected chi connectivity index (χ3v) is 4.12. The second kappa shape index (κ2) is 7.88. The van der Waals surface area contributed by atoms with Crippen LogP contribution in [0.5, 0.6) is 0 Å². The van der Waals surface area contributed by atoms with Gasteiger partial charge < -0.3 is 5.32 Å². The number of carbonyl (C=O) groups excluding carboxylic acids is 1. The number of tetrazole rings is 1. The zero-order valence-corrected chi connectivity index (χ0v) is 15.1. The summed E-state index contributed by atoms with van der Waals surface area (Å²) in [6, 6.07) is 15.4. The topological polar surface area (TPSA) is 86.8 Å². The summed E-state index contributed by atoms with van der Waals surface area (Å²) in [5, 5.41) is 17.0. The van der Waals surface area contributed by atoms with E-state index in [-0.39, 0.29) is 11.9 Å². The maximum absolute atomic E-state index is 12.8. The number of aryl methyl sites for hydroxylation is 1. The van der Waals surface area contributed by atoms with E-state index in [1.54, 1.807) is 0 Å². The Morgan fingerprint density at radius 2 is 2.00 bits per heavy atom. The molecule has 0 aliphatic rings. The maximum atomic E-state index is 12.8. The molecule has 3 rings (SSSR count). The van der Waals surface area contributed by atoms with Crippen LogP contribution in [0.4, 0.5) is 0 Å². The summed E-state index contributed by atoms with van der Waals surface area (Å²) in [4.78, 5) is 14.7. The maximum Gasteiger partial charge on any atom is 0.242 e. The van der Waals surface area contributed by atoms with E-state index in [0.29, 0.717) is 12.4 Å². The Balaban J connectivity index is 1.72. The van der Waals surface area contributed by atoms with Crippen molar-refractivity contribution in [3.8, 4) is 11.4 Å². The van der Waals surface area contributed by atoms with Crippen molar-refractivity contribution in [2.75, 3.05) is 14.1 Å². The SMILES string of the molecule is Cc1cccc([C@@H](C(=O)NCc2cccc(-c3nn[nH]n3)c2)N(C)C)c1. The molecule has 7 heteroatoms. The van der Waals surface area contributed by atoms with E-state index in [1.807, 2.05) is 74.4 Å². The van der Waals surface area contributed by atoms with Crippen LogP contribution in [0.3, 0.4) is 0 Å². The van der Waals surface area contributed by atoms with Crippen molar-refractivity contribution < 1.29 is 4.79 Å². The highest BCUT2D eigenvalue weighted by Gasteiger charge is 2.22. The zero-order chi connectivity index (χ0) is 18.5. The molecule has 1 heterocycles. The minimum absolute atomic E-state index is 0.0365. The Hall–Kier alpha value is -3.06. The predicted molar refractivity (Wildman–Crippen MR) is 99.1 cm³/mol. The quantitative estimate of drug-likeness (QED) is 0.711. The monoisotopic (exact) mass is 350 g/mol. The molecule has 0 fully saturated rings. The number of nitrogens with one attached hydrogen (secondary N) is 2. The average molecular weight is 350 g/mol. The highest BCUT2D eigenvalue weighted by molar-refractivity contribution is 5.83. The smallest absolute Gasteiger partial charge is 0.242 e. The Kier molecular flexibility index (Phi) is 5.38. The molecule has 0 aliphatic carbocycles. The molecule has 0 saturated heterocycles. The summed E-state index contributed by atoms with van der Waals surface area (Å²) in [6.45, 7) is 2.46. The first-order valence-corrected chi connectivity index (χ1v) is 8.38. The summed E-state index contributed by atoms with van der Waals surface area (Å²) in [7, 11) is 3.81. The lowest BCUT2D eigenvalue weighted by Crippen LogP contribution is -2.36. The molecule has 0 aliphatic heterocycles. The molecule has 134 valence electrons. The van der Waals surface area contributed by atoms with Gasteiger partial charge in [-0.15, -0.1) is 10.2 Å². The van der Waals surface area contributed by atoms with Crippen molar-refractivity contribution in [3.05, 3.63) is 65.2 Å². The first kappa shape index (κ1) is 17.8. The van der Waals surface area contributed by atoms with E-state index in [1.165, 1.54) is 0 Å². The van der Waals surface area contributed by atoms with E-state index in [4.69, 9.17) is 0 Å². The molecule has 0 bridgehead atoms. The molecule has 0 saturated carbocycles. The van der Waals surface area contributed by atoms with Crippen LogP contribution in [0.2, 0.25) is 0 Å². The van der Waals surface area contributed by atoms with Crippen LogP contribution in [0, 0.1) is 6.92 Å². The minimum atomic E-state index is -0.338. The number of rotatable bonds is 6. The van der Waals surface area contributed by atoms with Gasteiger partial charge in [-0.3, -0.25) is 9.69 Å². The highest BCUT2D eigenvalue weighted by atomic mass is 16.2. The number of aromatic amines is 1. The number of amides is 1. The number of H-pyrrole nitrogens is 1. The van der Waals surface area contributed by atoms with Crippen molar-refractivity contribution in [1.82, 2.24) is 30.8 Å². The molecule has 1 amide bonds. The summed E-state index contributed by atoms with van der Waals surface area (Å²) in [5.74, 6) is 0.495. The van der Waals surface area contributed by atoms with Crippen molar-refractivity contribution >= 4 is 5.91 Å². The molecular weight excluding hydrogens is 328 g/mol. The third-order valence-electron chi connectivity index (χ3n) is 4.12. The van der Waals surface area contributed by atoms with Gasteiger partial charge in [0.1, 0.15) is 6.04 Å². The van der Waals surface area contributed by atoms with Gasteiger partial charge in [-0.05, 0) is 43.4 Å². The van der Waals surface area contributed by atoms with Crippen molar-refractivity contribution in [2.24, 2.45) is 0 Å². The Bertz CT molecular complexity index is 875. The lowest BCUT2D eigenvalue weighted by molar-refractivity contribution is -0.125. The van der Waals surface area contributed by atoms with Crippen LogP contribution in [0.25, 0.3) is 11.4 Å². The minimum Gasteiger partial charge on any atom is -0.350 e. The van der Waals surface area contributed by atoms with Crippen LogP contribution in [-0.4, -0.2) is 45.5 Å². The van der Waals surface area contributed by atoms with Gasteiger partial charge in [-0.2, -0.15) is 5.21 Å². The lowest BCUT2D eigenvalue weighted by atomic mass is 10.0. The highest BCUT2D eigenvalue weighted by Crippen LogP contribution is 2.20. The molecule has 0 radical (unpaired) electrons. The molecule has 0 unspecified atom stereocenters. The molecule has 26 heavy (non-hydrogen) atoms. The van der Waals surface area contributed by atoms with E-state index in [0.717, 1.165) is 22.3 Å². The van der Waals surface area contributed by atoms with Gasteiger partial charge in [-0.25, -0.2) is 0 Å². The average Bonchev–Trinajstić information content (AvgIpc) is 3.15. The van der Waals surface area contributed by atoms with E-state index >= 15 is 0 Å². The van der Waals surface area contributed by atoms with Crippen LogP contribution < -0.4 is 5.32 Å². The largest absolute Gasteiger partial charge is 0.350 e. The standard InChI is InChI=1S/C19H22N6O/c1-13-6-4-8-15(10-13)17(25(2)3)19(26)20-12-14-7-5-9-16(11-14)18-21-23-24-22-18/h4-11,17H,12H2,1-3H3,(H,20,26)(H,21,22,23,24)/t17-/m0/s1. The normalized spacial score (nSPS) is 12.2. The van der Waals surface area contributed by atoms with Gasteiger partial charge in [0.15, 0.2) is 0 Å². The lowest BCUT2D eigenvalue weighted by Gasteiger charge is -2.24. The van der Waals surface area contributed by atoms with Crippen LogP contribution in [0.1, 0.15) is 22.7 Å². The van der Waals surface area contributed by atoms with Crippen LogP contribution in [-0.2, 0) is 11.3 Å².